The molecule has 0 unspecified atom stereocenters. The van der Waals surface area contributed by atoms with E-state index in [-0.39, 0.29) is 35.5 Å². The minimum atomic E-state index is -0.216. The van der Waals surface area contributed by atoms with Gasteiger partial charge in [-0.15, -0.1) is 0 Å². The Morgan fingerprint density at radius 3 is 2.21 bits per heavy atom. The second-order valence-electron chi connectivity index (χ2n) is 8.08. The van der Waals surface area contributed by atoms with Crippen LogP contribution >= 0.6 is 0 Å². The van der Waals surface area contributed by atoms with Gasteiger partial charge in [-0.05, 0) is 60.6 Å². The van der Waals surface area contributed by atoms with Crippen molar-refractivity contribution in [3.8, 4) is 5.75 Å². The van der Waals surface area contributed by atoms with Crippen LogP contribution in [0.25, 0.3) is 0 Å². The molecule has 2 amide bonds. The number of hydrogen-bond donors (Lipinski definition) is 0. The fraction of sp³-hybridized carbons (Fsp3) is 0.292. The number of aryl methyl sites for hydroxylation is 1. The molecule has 29 heavy (non-hydrogen) atoms. The number of hydrazone groups is 1. The molecule has 2 bridgehead atoms. The van der Waals surface area contributed by atoms with Gasteiger partial charge in [0.05, 0.1) is 18.1 Å². The van der Waals surface area contributed by atoms with Crippen molar-refractivity contribution in [2.45, 2.75) is 20.0 Å². The molecule has 146 valence electrons. The van der Waals surface area contributed by atoms with Gasteiger partial charge in [0.15, 0.2) is 0 Å². The fourth-order valence-corrected chi connectivity index (χ4v) is 4.63. The Morgan fingerprint density at radius 1 is 0.966 bits per heavy atom. The summed E-state index contributed by atoms with van der Waals surface area (Å²) < 4.78 is 5.81. The molecule has 1 aliphatic heterocycles. The monoisotopic (exact) mass is 386 g/mol. The first-order chi connectivity index (χ1) is 14.1. The van der Waals surface area contributed by atoms with Crippen molar-refractivity contribution in [3.05, 3.63) is 77.4 Å². The summed E-state index contributed by atoms with van der Waals surface area (Å²) in [4.78, 5) is 25.3. The lowest BCUT2D eigenvalue weighted by molar-refractivity contribution is -0.140. The van der Waals surface area contributed by atoms with Crippen molar-refractivity contribution in [2.75, 3.05) is 0 Å². The maximum atomic E-state index is 12.6. The van der Waals surface area contributed by atoms with E-state index in [2.05, 4.69) is 48.4 Å². The molecule has 0 radical (unpaired) electrons. The number of hydrogen-bond acceptors (Lipinski definition) is 4. The summed E-state index contributed by atoms with van der Waals surface area (Å²) in [6.07, 6.45) is 6.66. The van der Waals surface area contributed by atoms with Gasteiger partial charge in [0.2, 0.25) is 0 Å². The van der Waals surface area contributed by atoms with E-state index in [0.717, 1.165) is 28.3 Å². The molecule has 5 nitrogen and oxygen atoms in total. The van der Waals surface area contributed by atoms with Crippen molar-refractivity contribution in [1.29, 1.82) is 0 Å². The molecule has 1 saturated carbocycles. The maximum Gasteiger partial charge on any atom is 0.254 e. The summed E-state index contributed by atoms with van der Waals surface area (Å²) in [5.41, 5.74) is 3.15. The normalized spacial score (nSPS) is 27.3. The number of nitrogens with zero attached hydrogens (tertiary/aromatic N) is 2. The molecule has 0 aromatic heterocycles. The standard InChI is InChI=1S/C24H22N2O3/c1-15-2-4-17(5-3-15)14-29-20-10-6-16(7-11-20)13-25-26-23(27)21-18-8-9-19(12-18)22(21)24(26)28/h2-11,13,18-19,21-22H,12,14H2,1H3/b25-13-/t18-,19-,21-,22+/m0/s1. The fourth-order valence-electron chi connectivity index (χ4n) is 4.63. The van der Waals surface area contributed by atoms with E-state index in [0.29, 0.717) is 6.61 Å². The van der Waals surface area contributed by atoms with Crippen LogP contribution in [0.1, 0.15) is 23.1 Å². The number of rotatable bonds is 5. The highest BCUT2D eigenvalue weighted by atomic mass is 16.5. The van der Waals surface area contributed by atoms with E-state index in [4.69, 9.17) is 4.74 Å². The van der Waals surface area contributed by atoms with E-state index >= 15 is 0 Å². The number of imide groups is 1. The molecule has 5 heteroatoms. The highest BCUT2D eigenvalue weighted by molar-refractivity contribution is 6.06. The van der Waals surface area contributed by atoms with Gasteiger partial charge in [-0.1, -0.05) is 42.0 Å². The number of carbonyl (C=O) groups is 2. The topological polar surface area (TPSA) is 59.0 Å². The Balaban J connectivity index is 1.22. The van der Waals surface area contributed by atoms with Crippen LogP contribution in [0.15, 0.2) is 65.8 Å². The molecule has 2 fully saturated rings. The molecule has 0 N–H and O–H groups in total. The van der Waals surface area contributed by atoms with Gasteiger partial charge in [0.25, 0.3) is 11.8 Å². The number of benzene rings is 2. The number of carbonyl (C=O) groups excluding carboxylic acids is 2. The van der Waals surface area contributed by atoms with E-state index in [1.54, 1.807) is 6.21 Å². The maximum absolute atomic E-state index is 12.6. The zero-order chi connectivity index (χ0) is 20.0. The van der Waals surface area contributed by atoms with Crippen LogP contribution < -0.4 is 4.74 Å². The summed E-state index contributed by atoms with van der Waals surface area (Å²) in [7, 11) is 0. The Bertz CT molecular complexity index is 977. The van der Waals surface area contributed by atoms with Gasteiger partial charge >= 0.3 is 0 Å². The molecular formula is C24H22N2O3. The molecule has 0 spiro atoms. The largest absolute Gasteiger partial charge is 0.489 e. The van der Waals surface area contributed by atoms with Crippen LogP contribution in [0.5, 0.6) is 5.75 Å². The van der Waals surface area contributed by atoms with Crippen molar-refractivity contribution >= 4 is 18.0 Å². The first-order valence-corrected chi connectivity index (χ1v) is 9.99. The molecule has 2 aromatic carbocycles. The first kappa shape index (κ1) is 17.9. The average Bonchev–Trinajstić information content (AvgIpc) is 3.41. The highest BCUT2D eigenvalue weighted by Gasteiger charge is 2.59. The van der Waals surface area contributed by atoms with Gasteiger partial charge < -0.3 is 4.74 Å². The van der Waals surface area contributed by atoms with Gasteiger partial charge in [-0.2, -0.15) is 10.1 Å². The quantitative estimate of drug-likeness (QED) is 0.447. The zero-order valence-electron chi connectivity index (χ0n) is 16.2. The predicted octanol–water partition coefficient (Wildman–Crippen LogP) is 3.72. The van der Waals surface area contributed by atoms with Gasteiger partial charge in [0, 0.05) is 0 Å². The minimum absolute atomic E-state index is 0.161. The smallest absolute Gasteiger partial charge is 0.254 e. The van der Waals surface area contributed by atoms with Crippen LogP contribution in [0, 0.1) is 30.6 Å². The lowest BCUT2D eigenvalue weighted by Crippen LogP contribution is -2.28. The van der Waals surface area contributed by atoms with Crippen LogP contribution in [0.2, 0.25) is 0 Å². The number of ether oxygens (including phenoxy) is 1. The number of allylic oxidation sites excluding steroid dienone is 2. The zero-order valence-corrected chi connectivity index (χ0v) is 16.2. The molecular weight excluding hydrogens is 364 g/mol. The van der Waals surface area contributed by atoms with Crippen molar-refractivity contribution in [3.63, 3.8) is 0 Å². The molecule has 4 atom stereocenters. The molecule has 1 heterocycles. The summed E-state index contributed by atoms with van der Waals surface area (Å²) in [6, 6.07) is 15.7. The first-order valence-electron chi connectivity index (χ1n) is 9.99. The lowest BCUT2D eigenvalue weighted by Gasteiger charge is -2.13. The summed E-state index contributed by atoms with van der Waals surface area (Å²) in [6.45, 7) is 2.56. The second kappa shape index (κ2) is 6.99. The van der Waals surface area contributed by atoms with Gasteiger partial charge in [0.1, 0.15) is 12.4 Å². The molecule has 2 aliphatic carbocycles. The molecule has 2 aromatic rings. The Kier molecular flexibility index (Phi) is 4.31. The summed E-state index contributed by atoms with van der Waals surface area (Å²) in [5, 5.41) is 5.28. The van der Waals surface area contributed by atoms with Gasteiger partial charge in [-0.3, -0.25) is 9.59 Å². The van der Waals surface area contributed by atoms with E-state index in [9.17, 15) is 9.59 Å². The summed E-state index contributed by atoms with van der Waals surface area (Å²) >= 11 is 0. The summed E-state index contributed by atoms with van der Waals surface area (Å²) in [5.74, 6) is 0.406. The van der Waals surface area contributed by atoms with Gasteiger partial charge in [-0.25, -0.2) is 0 Å². The Morgan fingerprint density at radius 2 is 1.59 bits per heavy atom. The van der Waals surface area contributed by atoms with Crippen molar-refractivity contribution in [2.24, 2.45) is 28.8 Å². The van der Waals surface area contributed by atoms with Crippen molar-refractivity contribution in [1.82, 2.24) is 5.01 Å². The number of fused-ring (bicyclic) bond motifs is 5. The Hall–Kier alpha value is -3.21. The third-order valence-electron chi connectivity index (χ3n) is 6.18. The molecule has 5 rings (SSSR count). The third-order valence-corrected chi connectivity index (χ3v) is 6.18. The molecule has 1 saturated heterocycles. The highest BCUT2D eigenvalue weighted by Crippen LogP contribution is 2.52. The predicted molar refractivity (Wildman–Crippen MR) is 109 cm³/mol. The van der Waals surface area contributed by atoms with Crippen molar-refractivity contribution < 1.29 is 14.3 Å². The van der Waals surface area contributed by atoms with E-state index in [1.807, 2.05) is 24.3 Å². The van der Waals surface area contributed by atoms with E-state index < -0.39 is 0 Å². The average molecular weight is 386 g/mol. The van der Waals surface area contributed by atoms with Crippen LogP contribution in [0.3, 0.4) is 0 Å². The van der Waals surface area contributed by atoms with Crippen LogP contribution in [-0.4, -0.2) is 23.0 Å². The number of amides is 2. The molecule has 3 aliphatic rings. The SMILES string of the molecule is Cc1ccc(COc2ccc(/C=N\N3C(=O)[C@@H]4[C@H](C3=O)[C@H]3C=C[C@H]4C3)cc2)cc1. The minimum Gasteiger partial charge on any atom is -0.489 e. The van der Waals surface area contributed by atoms with E-state index in [1.165, 1.54) is 5.56 Å². The van der Waals surface area contributed by atoms with Crippen LogP contribution in [-0.2, 0) is 16.2 Å². The van der Waals surface area contributed by atoms with Crippen LogP contribution in [0.4, 0.5) is 0 Å². The second-order valence-corrected chi connectivity index (χ2v) is 8.08. The third kappa shape index (κ3) is 3.16. The Labute approximate surface area is 169 Å². The lowest BCUT2D eigenvalue weighted by atomic mass is 9.85.